The molecule has 0 saturated heterocycles. The number of nitrogens with zero attached hydrogens (tertiary/aromatic N) is 5. The molecule has 0 aliphatic rings. The van der Waals surface area contributed by atoms with Crippen LogP contribution in [0.3, 0.4) is 0 Å². The van der Waals surface area contributed by atoms with Crippen molar-refractivity contribution < 1.29 is 0 Å². The van der Waals surface area contributed by atoms with Gasteiger partial charge in [-0.3, -0.25) is 0 Å². The first-order chi connectivity index (χ1) is 10.7. The van der Waals surface area contributed by atoms with Gasteiger partial charge in [-0.1, -0.05) is 42.5 Å². The van der Waals surface area contributed by atoms with E-state index >= 15 is 0 Å². The van der Waals surface area contributed by atoms with Crippen LogP contribution in [0.15, 0.2) is 65.9 Å². The molecule has 0 spiro atoms. The van der Waals surface area contributed by atoms with E-state index < -0.39 is 0 Å². The van der Waals surface area contributed by atoms with Crippen LogP contribution in [-0.4, -0.2) is 35.4 Å². The number of hydrogen-bond donors (Lipinski definition) is 0. The van der Waals surface area contributed by atoms with Crippen molar-refractivity contribution in [2.45, 2.75) is 0 Å². The van der Waals surface area contributed by atoms with Crippen molar-refractivity contribution in [1.29, 1.82) is 0 Å². The zero-order valence-electron chi connectivity index (χ0n) is 12.6. The summed E-state index contributed by atoms with van der Waals surface area (Å²) in [5.41, 5.74) is 4.01. The molecule has 0 atom stereocenters. The van der Waals surface area contributed by atoms with Crippen molar-refractivity contribution >= 4 is 11.9 Å². The average molecular weight is 291 g/mol. The second kappa shape index (κ2) is 6.22. The highest BCUT2D eigenvalue weighted by Crippen LogP contribution is 2.15. The summed E-state index contributed by atoms with van der Waals surface area (Å²) in [6.45, 7) is 0. The third-order valence-corrected chi connectivity index (χ3v) is 3.29. The minimum Gasteiger partial charge on any atom is -0.378 e. The van der Waals surface area contributed by atoms with E-state index in [1.54, 1.807) is 12.4 Å². The Kier molecular flexibility index (Phi) is 3.96. The summed E-state index contributed by atoms with van der Waals surface area (Å²) in [6, 6.07) is 18.1. The summed E-state index contributed by atoms with van der Waals surface area (Å²) in [5.74, 6) is 0. The molecule has 5 nitrogen and oxygen atoms in total. The van der Waals surface area contributed by atoms with Gasteiger partial charge in [0.15, 0.2) is 0 Å². The van der Waals surface area contributed by atoms with Crippen LogP contribution in [0.1, 0.15) is 5.56 Å². The van der Waals surface area contributed by atoms with Gasteiger partial charge in [0, 0.05) is 25.3 Å². The molecule has 1 aromatic heterocycles. The number of rotatable bonds is 4. The fourth-order valence-corrected chi connectivity index (χ4v) is 2.04. The van der Waals surface area contributed by atoms with Gasteiger partial charge in [0.05, 0.1) is 12.4 Å². The topological polar surface area (TPSA) is 46.3 Å². The van der Waals surface area contributed by atoms with Crippen LogP contribution >= 0.6 is 0 Å². The van der Waals surface area contributed by atoms with Crippen LogP contribution in [-0.2, 0) is 0 Å². The van der Waals surface area contributed by atoms with Gasteiger partial charge in [-0.05, 0) is 22.9 Å². The molecule has 110 valence electrons. The molecule has 3 rings (SSSR count). The Labute approximate surface area is 129 Å². The van der Waals surface area contributed by atoms with Crippen LogP contribution in [0.4, 0.5) is 5.69 Å². The molecule has 0 N–H and O–H groups in total. The van der Waals surface area contributed by atoms with Crippen molar-refractivity contribution in [3.8, 4) is 11.3 Å². The molecule has 3 aromatic rings. The summed E-state index contributed by atoms with van der Waals surface area (Å²) in [6.07, 6.45) is 3.57. The lowest BCUT2D eigenvalue weighted by Gasteiger charge is -2.11. The molecule has 2 aromatic carbocycles. The van der Waals surface area contributed by atoms with Crippen molar-refractivity contribution in [2.75, 3.05) is 19.0 Å². The quantitative estimate of drug-likeness (QED) is 0.694. The Hall–Kier alpha value is -2.95. The second-order valence-electron chi connectivity index (χ2n) is 5.12. The van der Waals surface area contributed by atoms with E-state index in [1.165, 1.54) is 4.79 Å². The Morgan fingerprint density at radius 3 is 2.41 bits per heavy atom. The first-order valence-corrected chi connectivity index (χ1v) is 7.02. The number of benzene rings is 2. The molecular formula is C17H17N5. The van der Waals surface area contributed by atoms with Crippen LogP contribution in [0.5, 0.6) is 0 Å². The van der Waals surface area contributed by atoms with E-state index in [9.17, 15) is 0 Å². The van der Waals surface area contributed by atoms with Crippen LogP contribution in [0, 0.1) is 0 Å². The number of hydrogen-bond acceptors (Lipinski definition) is 4. The first kappa shape index (κ1) is 14.0. The lowest BCUT2D eigenvalue weighted by atomic mass is 10.2. The molecular weight excluding hydrogens is 274 g/mol. The van der Waals surface area contributed by atoms with Crippen molar-refractivity contribution in [3.63, 3.8) is 0 Å². The summed E-state index contributed by atoms with van der Waals surface area (Å²) in [4.78, 5) is 3.53. The van der Waals surface area contributed by atoms with Crippen LogP contribution in [0.2, 0.25) is 0 Å². The van der Waals surface area contributed by atoms with E-state index in [4.69, 9.17) is 0 Å². The largest absolute Gasteiger partial charge is 0.378 e. The molecule has 22 heavy (non-hydrogen) atoms. The van der Waals surface area contributed by atoms with Crippen LogP contribution in [0.25, 0.3) is 11.3 Å². The maximum atomic E-state index is 4.30. The maximum absolute atomic E-state index is 4.30. The fraction of sp³-hybridized carbons (Fsp3) is 0.118. The number of anilines is 1. The molecule has 0 fully saturated rings. The van der Waals surface area contributed by atoms with Gasteiger partial charge in [-0.2, -0.15) is 5.10 Å². The fourth-order valence-electron chi connectivity index (χ4n) is 2.04. The highest BCUT2D eigenvalue weighted by Gasteiger charge is 2.01. The molecule has 5 heteroatoms. The molecule has 0 amide bonds. The third kappa shape index (κ3) is 3.20. The van der Waals surface area contributed by atoms with Gasteiger partial charge in [-0.25, -0.2) is 0 Å². The van der Waals surface area contributed by atoms with Gasteiger partial charge in [0.1, 0.15) is 5.69 Å². The SMILES string of the molecule is CN(C)c1ccc(/C=N/n2cc(-c3ccccc3)nn2)cc1. The molecule has 0 saturated carbocycles. The Bertz CT molecular complexity index is 757. The Balaban J connectivity index is 1.74. The lowest BCUT2D eigenvalue weighted by Crippen LogP contribution is -2.08. The minimum absolute atomic E-state index is 0.806. The summed E-state index contributed by atoms with van der Waals surface area (Å²) in [7, 11) is 4.03. The van der Waals surface area contributed by atoms with Gasteiger partial charge >= 0.3 is 0 Å². The smallest absolute Gasteiger partial charge is 0.115 e. The van der Waals surface area contributed by atoms with Crippen LogP contribution < -0.4 is 4.90 Å². The molecule has 0 bridgehead atoms. The monoisotopic (exact) mass is 291 g/mol. The van der Waals surface area contributed by atoms with Crippen molar-refractivity contribution in [2.24, 2.45) is 5.10 Å². The van der Waals surface area contributed by atoms with Gasteiger partial charge in [-0.15, -0.1) is 9.89 Å². The lowest BCUT2D eigenvalue weighted by molar-refractivity contribution is 0.697. The minimum atomic E-state index is 0.806. The molecule has 0 unspecified atom stereocenters. The Morgan fingerprint density at radius 1 is 1.00 bits per heavy atom. The standard InChI is InChI=1S/C17H17N5/c1-21(2)16-10-8-14(9-11-16)12-18-22-13-17(19-20-22)15-6-4-3-5-7-15/h3-13H,1-2H3/b18-12+. The third-order valence-electron chi connectivity index (χ3n) is 3.29. The highest BCUT2D eigenvalue weighted by atomic mass is 15.6. The molecule has 1 heterocycles. The molecule has 0 aliphatic heterocycles. The van der Waals surface area contributed by atoms with E-state index in [1.807, 2.05) is 56.6 Å². The molecule has 0 radical (unpaired) electrons. The van der Waals surface area contributed by atoms with Gasteiger partial charge in [0.2, 0.25) is 0 Å². The average Bonchev–Trinajstić information content (AvgIpc) is 3.03. The van der Waals surface area contributed by atoms with Crippen molar-refractivity contribution in [1.82, 2.24) is 15.1 Å². The second-order valence-corrected chi connectivity index (χ2v) is 5.12. The summed E-state index contributed by atoms with van der Waals surface area (Å²) in [5, 5.41) is 12.4. The van der Waals surface area contributed by atoms with E-state index in [0.29, 0.717) is 0 Å². The normalized spacial score (nSPS) is 11.0. The zero-order valence-corrected chi connectivity index (χ0v) is 12.6. The summed E-state index contributed by atoms with van der Waals surface area (Å²) >= 11 is 0. The van der Waals surface area contributed by atoms with E-state index in [-0.39, 0.29) is 0 Å². The van der Waals surface area contributed by atoms with E-state index in [2.05, 4.69) is 32.4 Å². The highest BCUT2D eigenvalue weighted by molar-refractivity contribution is 5.80. The predicted octanol–water partition coefficient (Wildman–Crippen LogP) is 2.89. The maximum Gasteiger partial charge on any atom is 0.115 e. The van der Waals surface area contributed by atoms with Gasteiger partial charge < -0.3 is 4.90 Å². The summed E-state index contributed by atoms with van der Waals surface area (Å²) < 4.78 is 0. The van der Waals surface area contributed by atoms with E-state index in [0.717, 1.165) is 22.5 Å². The number of aromatic nitrogens is 3. The first-order valence-electron chi connectivity index (χ1n) is 7.02. The zero-order chi connectivity index (χ0) is 15.4. The predicted molar refractivity (Wildman–Crippen MR) is 89.2 cm³/mol. The Morgan fingerprint density at radius 2 is 1.73 bits per heavy atom. The van der Waals surface area contributed by atoms with Crippen molar-refractivity contribution in [3.05, 3.63) is 66.4 Å². The molecule has 0 aliphatic carbocycles. The van der Waals surface area contributed by atoms with Gasteiger partial charge in [0.25, 0.3) is 0 Å².